The van der Waals surface area contributed by atoms with Gasteiger partial charge in [-0.3, -0.25) is 0 Å². The van der Waals surface area contributed by atoms with Gasteiger partial charge in [-0.05, 0) is 28.7 Å². The average molecular weight is 379 g/mol. The number of hydrogen-bond donors (Lipinski definition) is 1. The summed E-state index contributed by atoms with van der Waals surface area (Å²) in [4.78, 5) is 24.3. The second-order valence-corrected chi connectivity index (χ2v) is 8.26. The van der Waals surface area contributed by atoms with Crippen LogP contribution in [0.3, 0.4) is 0 Å². The van der Waals surface area contributed by atoms with E-state index in [-0.39, 0.29) is 11.0 Å². The van der Waals surface area contributed by atoms with Gasteiger partial charge < -0.3 is 14.8 Å². The number of nitrogens with one attached hydrogen (secondary N) is 1. The second kappa shape index (κ2) is 7.15. The van der Waals surface area contributed by atoms with E-state index in [2.05, 4.69) is 32.2 Å². The molecular weight excluding hydrogens is 354 g/mol. The van der Waals surface area contributed by atoms with Gasteiger partial charge in [0.1, 0.15) is 0 Å². The minimum Gasteiger partial charge on any atom is -0.419 e. The molecule has 3 rings (SSSR count). The van der Waals surface area contributed by atoms with Crippen molar-refractivity contribution in [3.05, 3.63) is 65.9 Å². The lowest BCUT2D eigenvalue weighted by Crippen LogP contribution is -2.42. The Kier molecular flexibility index (Phi) is 5.02. The molecule has 1 aliphatic heterocycles. The number of carbonyl (C=O) groups is 2. The van der Waals surface area contributed by atoms with Gasteiger partial charge in [0.25, 0.3) is 5.79 Å². The van der Waals surface area contributed by atoms with Crippen LogP contribution in [-0.2, 0) is 24.5 Å². The van der Waals surface area contributed by atoms with Crippen molar-refractivity contribution in [2.24, 2.45) is 0 Å². The fraction of sp³-hybridized carbons (Fsp3) is 0.304. The molecule has 0 spiro atoms. The molecule has 28 heavy (non-hydrogen) atoms. The number of anilines is 1. The Hall–Kier alpha value is -3.08. The topological polar surface area (TPSA) is 64.6 Å². The van der Waals surface area contributed by atoms with Gasteiger partial charge in [0.05, 0.1) is 0 Å². The lowest BCUT2D eigenvalue weighted by atomic mass is 9.85. The number of carbonyl (C=O) groups excluding carboxylic acids is 2. The summed E-state index contributed by atoms with van der Waals surface area (Å²) in [7, 11) is 0. The van der Waals surface area contributed by atoms with Crippen LogP contribution in [0.2, 0.25) is 0 Å². The predicted molar refractivity (Wildman–Crippen MR) is 109 cm³/mol. The van der Waals surface area contributed by atoms with Crippen molar-refractivity contribution in [3.8, 4) is 11.1 Å². The number of benzene rings is 2. The number of cyclic esters (lactones) is 2. The zero-order valence-corrected chi connectivity index (χ0v) is 16.8. The minimum absolute atomic E-state index is 0.0108. The van der Waals surface area contributed by atoms with Gasteiger partial charge >= 0.3 is 11.9 Å². The molecule has 5 heteroatoms. The fourth-order valence-corrected chi connectivity index (χ4v) is 2.92. The van der Waals surface area contributed by atoms with Crippen molar-refractivity contribution in [3.63, 3.8) is 0 Å². The third kappa shape index (κ3) is 4.25. The number of esters is 2. The number of ether oxygens (including phenoxy) is 2. The van der Waals surface area contributed by atoms with E-state index in [0.29, 0.717) is 0 Å². The quantitative estimate of drug-likeness (QED) is 0.472. The molecule has 0 saturated carbocycles. The molecule has 5 nitrogen and oxygen atoms in total. The molecule has 1 fully saturated rings. The third-order valence-electron chi connectivity index (χ3n) is 4.46. The van der Waals surface area contributed by atoms with E-state index in [9.17, 15) is 9.59 Å². The first-order valence-electron chi connectivity index (χ1n) is 9.20. The van der Waals surface area contributed by atoms with Crippen LogP contribution in [0, 0.1) is 0 Å². The molecule has 0 unspecified atom stereocenters. The molecule has 0 aliphatic carbocycles. The predicted octanol–water partition coefficient (Wildman–Crippen LogP) is 4.78. The van der Waals surface area contributed by atoms with Crippen LogP contribution in [0.5, 0.6) is 0 Å². The molecule has 2 aromatic carbocycles. The van der Waals surface area contributed by atoms with Crippen LogP contribution in [-0.4, -0.2) is 17.7 Å². The van der Waals surface area contributed by atoms with Gasteiger partial charge in [0.2, 0.25) is 0 Å². The lowest BCUT2D eigenvalue weighted by Gasteiger charge is -2.29. The Bertz CT molecular complexity index is 915. The Labute approximate surface area is 165 Å². The molecule has 146 valence electrons. The van der Waals surface area contributed by atoms with Crippen LogP contribution in [0.1, 0.15) is 40.2 Å². The molecular formula is C23H25NO4. The van der Waals surface area contributed by atoms with Gasteiger partial charge in [-0.15, -0.1) is 0 Å². The maximum Gasteiger partial charge on any atom is 0.350 e. The van der Waals surface area contributed by atoms with Gasteiger partial charge in [0.15, 0.2) is 5.57 Å². The van der Waals surface area contributed by atoms with Gasteiger partial charge in [-0.2, -0.15) is 0 Å². The molecule has 0 atom stereocenters. The van der Waals surface area contributed by atoms with E-state index in [4.69, 9.17) is 9.47 Å². The third-order valence-corrected chi connectivity index (χ3v) is 4.46. The zero-order chi connectivity index (χ0) is 20.5. The molecule has 2 aromatic rings. The monoisotopic (exact) mass is 379 g/mol. The number of rotatable bonds is 3. The normalized spacial score (nSPS) is 16.2. The zero-order valence-electron chi connectivity index (χ0n) is 16.8. The maximum atomic E-state index is 12.2. The average Bonchev–Trinajstić information content (AvgIpc) is 2.60. The first-order valence-corrected chi connectivity index (χ1v) is 9.20. The highest BCUT2D eigenvalue weighted by Crippen LogP contribution is 2.34. The minimum atomic E-state index is -1.25. The van der Waals surface area contributed by atoms with E-state index < -0.39 is 17.7 Å². The van der Waals surface area contributed by atoms with E-state index in [1.165, 1.54) is 25.6 Å². The van der Waals surface area contributed by atoms with Crippen molar-refractivity contribution in [2.45, 2.75) is 45.8 Å². The SMILES string of the molecule is CC1(C)OC(=O)C(=CNc2ccc(C(C)(C)C)cc2-c2ccccc2)C(=O)O1. The highest BCUT2D eigenvalue weighted by molar-refractivity contribution is 6.15. The smallest absolute Gasteiger partial charge is 0.350 e. The fourth-order valence-electron chi connectivity index (χ4n) is 2.92. The molecule has 0 radical (unpaired) electrons. The summed E-state index contributed by atoms with van der Waals surface area (Å²) in [5.41, 5.74) is 3.79. The van der Waals surface area contributed by atoms with E-state index in [1.807, 2.05) is 42.5 Å². The summed E-state index contributed by atoms with van der Waals surface area (Å²) in [5.74, 6) is -2.67. The molecule has 1 N–H and O–H groups in total. The Morgan fingerprint density at radius 1 is 0.929 bits per heavy atom. The highest BCUT2D eigenvalue weighted by atomic mass is 16.7. The van der Waals surface area contributed by atoms with Crippen molar-refractivity contribution < 1.29 is 19.1 Å². The van der Waals surface area contributed by atoms with Crippen LogP contribution < -0.4 is 5.32 Å². The van der Waals surface area contributed by atoms with Crippen LogP contribution in [0.25, 0.3) is 11.1 Å². The van der Waals surface area contributed by atoms with Gasteiger partial charge in [0, 0.05) is 31.3 Å². The molecule has 0 bridgehead atoms. The Balaban J connectivity index is 1.98. The summed E-state index contributed by atoms with van der Waals surface area (Å²) in [6.45, 7) is 9.50. The summed E-state index contributed by atoms with van der Waals surface area (Å²) >= 11 is 0. The van der Waals surface area contributed by atoms with Crippen molar-refractivity contribution >= 4 is 17.6 Å². The number of hydrogen-bond acceptors (Lipinski definition) is 5. The van der Waals surface area contributed by atoms with E-state index >= 15 is 0 Å². The van der Waals surface area contributed by atoms with Gasteiger partial charge in [-0.25, -0.2) is 9.59 Å². The lowest BCUT2D eigenvalue weighted by molar-refractivity contribution is -0.222. The summed E-state index contributed by atoms with van der Waals surface area (Å²) < 4.78 is 10.3. The molecule has 0 aromatic heterocycles. The largest absolute Gasteiger partial charge is 0.419 e. The maximum absolute atomic E-state index is 12.2. The van der Waals surface area contributed by atoms with Crippen LogP contribution in [0.15, 0.2) is 60.3 Å². The first-order chi connectivity index (χ1) is 13.1. The van der Waals surface area contributed by atoms with Crippen LogP contribution in [0.4, 0.5) is 5.69 Å². The van der Waals surface area contributed by atoms with Crippen molar-refractivity contribution in [1.82, 2.24) is 0 Å². The first kappa shape index (κ1) is 19.7. The van der Waals surface area contributed by atoms with E-state index in [1.54, 1.807) is 0 Å². The van der Waals surface area contributed by atoms with Crippen LogP contribution >= 0.6 is 0 Å². The summed E-state index contributed by atoms with van der Waals surface area (Å²) in [5, 5.41) is 3.08. The standard InChI is InChI=1S/C23H25NO4/c1-22(2,3)16-11-12-19(17(13-16)15-9-7-6-8-10-15)24-14-18-20(25)27-23(4,5)28-21(18)26/h6-14,24H,1-5H3. The van der Waals surface area contributed by atoms with E-state index in [0.717, 1.165) is 16.8 Å². The molecule has 1 aliphatic rings. The molecule has 1 heterocycles. The summed E-state index contributed by atoms with van der Waals surface area (Å²) in [6.07, 6.45) is 1.35. The summed E-state index contributed by atoms with van der Waals surface area (Å²) in [6, 6.07) is 16.0. The highest BCUT2D eigenvalue weighted by Gasteiger charge is 2.39. The van der Waals surface area contributed by atoms with Crippen molar-refractivity contribution in [1.29, 1.82) is 0 Å². The molecule has 1 saturated heterocycles. The Morgan fingerprint density at radius 3 is 2.11 bits per heavy atom. The Morgan fingerprint density at radius 2 is 1.54 bits per heavy atom. The second-order valence-electron chi connectivity index (χ2n) is 8.26. The van der Waals surface area contributed by atoms with Gasteiger partial charge in [-0.1, -0.05) is 57.2 Å². The molecule has 0 amide bonds. The van der Waals surface area contributed by atoms with Crippen molar-refractivity contribution in [2.75, 3.05) is 5.32 Å².